The molecule has 4 heterocycles. The van der Waals surface area contributed by atoms with Crippen molar-refractivity contribution in [3.63, 3.8) is 0 Å². The van der Waals surface area contributed by atoms with E-state index < -0.39 is 5.97 Å². The molecule has 0 radical (unpaired) electrons. The Morgan fingerprint density at radius 2 is 1.85 bits per heavy atom. The number of thiazole rings is 1. The predicted octanol–water partition coefficient (Wildman–Crippen LogP) is 5.61. The highest BCUT2D eigenvalue weighted by Gasteiger charge is 2.22. The van der Waals surface area contributed by atoms with Gasteiger partial charge in [-0.25, -0.2) is 15.0 Å². The molecule has 0 bridgehead atoms. The number of amides is 1. The van der Waals surface area contributed by atoms with E-state index in [1.807, 2.05) is 49.4 Å². The van der Waals surface area contributed by atoms with Crippen LogP contribution in [0.1, 0.15) is 29.2 Å². The van der Waals surface area contributed by atoms with Gasteiger partial charge in [0.15, 0.2) is 12.0 Å². The maximum Gasteiger partial charge on any atom is 0.317 e. The first-order valence-electron chi connectivity index (χ1n) is 14.3. The Morgan fingerprint density at radius 3 is 2.63 bits per heavy atom. The number of aromatic nitrogens is 4. The minimum absolute atomic E-state index is 0.0349. The first-order valence-corrected chi connectivity index (χ1v) is 15.9. The molecule has 1 saturated heterocycles. The molecule has 1 amide bonds. The van der Waals surface area contributed by atoms with Crippen LogP contribution < -0.4 is 21.4 Å². The normalized spacial score (nSPS) is 14.5. The molecule has 1 aliphatic rings. The smallest absolute Gasteiger partial charge is 0.317 e. The van der Waals surface area contributed by atoms with Crippen LogP contribution in [0.5, 0.6) is 0 Å². The van der Waals surface area contributed by atoms with Crippen LogP contribution in [0.15, 0.2) is 54.9 Å². The Balaban J connectivity index is 1.24. The first kappa shape index (κ1) is 31.7. The van der Waals surface area contributed by atoms with Crippen molar-refractivity contribution < 1.29 is 19.5 Å². The summed E-state index contributed by atoms with van der Waals surface area (Å²) in [5, 5.41) is 19.5. The Bertz CT molecular complexity index is 1940. The van der Waals surface area contributed by atoms with E-state index in [9.17, 15) is 9.59 Å². The van der Waals surface area contributed by atoms with Crippen LogP contribution >= 0.6 is 34.5 Å². The number of hydrogen-bond acceptors (Lipinski definition) is 11. The fourth-order valence-electron chi connectivity index (χ4n) is 4.92. The quantitative estimate of drug-likeness (QED) is 0.104. The summed E-state index contributed by atoms with van der Waals surface area (Å²) in [6, 6.07) is 13.1. The molecule has 0 aliphatic carbocycles. The van der Waals surface area contributed by atoms with Crippen molar-refractivity contribution >= 4 is 68.1 Å². The Morgan fingerprint density at radius 1 is 1.07 bits per heavy atom. The number of anilines is 2. The third kappa shape index (κ3) is 7.09. The van der Waals surface area contributed by atoms with Crippen molar-refractivity contribution in [1.29, 1.82) is 0 Å². The minimum atomic E-state index is -0.933. The zero-order valence-electron chi connectivity index (χ0n) is 24.4. The highest BCUT2D eigenvalue weighted by atomic mass is 35.5. The van der Waals surface area contributed by atoms with Gasteiger partial charge in [-0.2, -0.15) is 5.48 Å². The van der Waals surface area contributed by atoms with Gasteiger partial charge in [0.1, 0.15) is 10.5 Å². The van der Waals surface area contributed by atoms with E-state index in [0.29, 0.717) is 74.5 Å². The summed E-state index contributed by atoms with van der Waals surface area (Å²) in [6.45, 7) is 2.32. The fourth-order valence-corrected chi connectivity index (χ4v) is 6.45. The summed E-state index contributed by atoms with van der Waals surface area (Å²) in [6.07, 6.45) is 4.02. The number of hydroxylamine groups is 1. The number of nitrogens with zero attached hydrogens (tertiary/aromatic N) is 4. The van der Waals surface area contributed by atoms with E-state index in [1.54, 1.807) is 12.4 Å². The molecule has 1 fully saturated rings. The Labute approximate surface area is 277 Å². The summed E-state index contributed by atoms with van der Waals surface area (Å²) in [5.41, 5.74) is 8.25. The highest BCUT2D eigenvalue weighted by Crippen LogP contribution is 2.42. The fraction of sp³-hybridized carbons (Fsp3) is 0.226. The number of carbonyl (C=O) groups is 2. The molecule has 0 unspecified atom stereocenters. The number of carboxylic acid groups (broad SMARTS) is 1. The van der Waals surface area contributed by atoms with E-state index in [2.05, 4.69) is 36.4 Å². The van der Waals surface area contributed by atoms with Crippen molar-refractivity contribution in [1.82, 2.24) is 36.0 Å². The molecule has 12 nitrogen and oxygen atoms in total. The molecule has 46 heavy (non-hydrogen) atoms. The zero-order chi connectivity index (χ0) is 32.2. The summed E-state index contributed by atoms with van der Waals surface area (Å²) in [7, 11) is 0. The summed E-state index contributed by atoms with van der Waals surface area (Å²) in [5.74, 6) is -0.447. The van der Waals surface area contributed by atoms with Gasteiger partial charge in [-0.1, -0.05) is 53.5 Å². The molecular weight excluding hydrogens is 651 g/mol. The molecule has 5 N–H and O–H groups in total. The van der Waals surface area contributed by atoms with E-state index in [0.717, 1.165) is 15.4 Å². The number of carboxylic acids is 1. The van der Waals surface area contributed by atoms with Gasteiger partial charge < -0.3 is 21.1 Å². The molecule has 236 valence electrons. The number of carbonyl (C=O) groups excluding carboxylic acids is 1. The van der Waals surface area contributed by atoms with E-state index >= 15 is 0 Å². The number of benzene rings is 2. The minimum Gasteiger partial charge on any atom is -0.480 e. The molecule has 0 saturated carbocycles. The second-order valence-corrected chi connectivity index (χ2v) is 12.3. The SMILES string of the molecule is Cc1ncc(-c2cccc(-c3cccc(Nc4nccc5sc(CNCC(=O)O)nc45)c3Cl)c2Cl)nc1CNO[C@@H]1CCC(=O)N1. The molecule has 1 aliphatic heterocycles. The van der Waals surface area contributed by atoms with Crippen molar-refractivity contribution in [2.24, 2.45) is 0 Å². The number of halogens is 2. The van der Waals surface area contributed by atoms with Crippen molar-refractivity contribution in [2.45, 2.75) is 39.1 Å². The van der Waals surface area contributed by atoms with Gasteiger partial charge >= 0.3 is 5.97 Å². The van der Waals surface area contributed by atoms with E-state index in [-0.39, 0.29) is 25.2 Å². The third-order valence-corrected chi connectivity index (χ3v) is 9.03. The third-order valence-electron chi connectivity index (χ3n) is 7.19. The van der Waals surface area contributed by atoms with Crippen LogP contribution in [0.4, 0.5) is 11.5 Å². The zero-order valence-corrected chi connectivity index (χ0v) is 26.8. The number of pyridine rings is 1. The number of fused-ring (bicyclic) bond motifs is 1. The molecule has 2 aromatic carbocycles. The molecule has 1 atom stereocenters. The monoisotopic (exact) mass is 678 g/mol. The lowest BCUT2D eigenvalue weighted by molar-refractivity contribution is -0.136. The van der Waals surface area contributed by atoms with Crippen molar-refractivity contribution in [3.05, 3.63) is 81.3 Å². The average Bonchev–Trinajstić information content (AvgIpc) is 3.65. The molecule has 15 heteroatoms. The summed E-state index contributed by atoms with van der Waals surface area (Å²) in [4.78, 5) is 46.3. The van der Waals surface area contributed by atoms with E-state index in [4.69, 9.17) is 38.1 Å². The number of rotatable bonds is 12. The predicted molar refractivity (Wildman–Crippen MR) is 177 cm³/mol. The maximum absolute atomic E-state index is 11.4. The lowest BCUT2D eigenvalue weighted by Gasteiger charge is -2.15. The van der Waals surface area contributed by atoms with Gasteiger partial charge in [0.2, 0.25) is 5.91 Å². The second kappa shape index (κ2) is 14.0. The topological polar surface area (TPSA) is 163 Å². The molecular formula is C31H28Cl2N8O4S. The van der Waals surface area contributed by atoms with Crippen LogP contribution in [0, 0.1) is 6.92 Å². The number of aliphatic carboxylic acids is 1. The van der Waals surface area contributed by atoms with Gasteiger partial charge in [0.25, 0.3) is 0 Å². The molecule has 5 aromatic rings. The number of hydrogen-bond donors (Lipinski definition) is 5. The second-order valence-electron chi connectivity index (χ2n) is 10.4. The Hall–Kier alpha value is -4.24. The van der Waals surface area contributed by atoms with Gasteiger partial charge in [-0.15, -0.1) is 11.3 Å². The molecule has 3 aromatic heterocycles. The first-order chi connectivity index (χ1) is 22.3. The van der Waals surface area contributed by atoms with Gasteiger partial charge in [-0.3, -0.25) is 19.4 Å². The number of nitrogens with one attached hydrogen (secondary N) is 4. The van der Waals surface area contributed by atoms with Crippen LogP contribution in [0.25, 0.3) is 32.6 Å². The Kier molecular flexibility index (Phi) is 9.68. The average molecular weight is 680 g/mol. The van der Waals surface area contributed by atoms with Crippen molar-refractivity contribution in [2.75, 3.05) is 11.9 Å². The number of aryl methyl sites for hydroxylation is 1. The lowest BCUT2D eigenvalue weighted by atomic mass is 10.0. The van der Waals surface area contributed by atoms with Crippen LogP contribution in [0.2, 0.25) is 10.0 Å². The molecule has 6 rings (SSSR count). The summed E-state index contributed by atoms with van der Waals surface area (Å²) >= 11 is 15.4. The van der Waals surface area contributed by atoms with Crippen LogP contribution in [0.3, 0.4) is 0 Å². The molecule has 0 spiro atoms. The highest BCUT2D eigenvalue weighted by molar-refractivity contribution is 7.18. The summed E-state index contributed by atoms with van der Waals surface area (Å²) < 4.78 is 0.901. The largest absolute Gasteiger partial charge is 0.480 e. The maximum atomic E-state index is 11.4. The van der Waals surface area contributed by atoms with Crippen molar-refractivity contribution in [3.8, 4) is 22.4 Å². The van der Waals surface area contributed by atoms with Crippen LogP contribution in [-0.2, 0) is 27.5 Å². The lowest BCUT2D eigenvalue weighted by Crippen LogP contribution is -2.33. The van der Waals surface area contributed by atoms with E-state index in [1.165, 1.54) is 11.3 Å². The van der Waals surface area contributed by atoms with Gasteiger partial charge in [0, 0.05) is 42.3 Å². The van der Waals surface area contributed by atoms with Gasteiger partial charge in [-0.05, 0) is 19.1 Å². The standard InChI is InChI=1S/C31H28Cl2N8O4S/c1-16-21(13-37-45-25-9-8-24(42)40-25)38-22(12-36-16)19-6-2-4-17(28(19)32)18-5-3-7-20(29(18)33)39-31-30-23(10-11-35-31)46-26(41-30)14-34-15-27(43)44/h2-7,10-12,25,34,37H,8-9,13-15H2,1H3,(H,35,39)(H,40,42)(H,43,44)/t25-/m1/s1. The van der Waals surface area contributed by atoms with Crippen LogP contribution in [-0.4, -0.2) is 49.7 Å². The van der Waals surface area contributed by atoms with Gasteiger partial charge in [0.05, 0.1) is 56.8 Å².